The molecule has 2 aromatic rings. The first-order valence-corrected chi connectivity index (χ1v) is 5.17. The van der Waals surface area contributed by atoms with Crippen molar-refractivity contribution in [1.29, 1.82) is 0 Å². The third-order valence-corrected chi connectivity index (χ3v) is 2.60. The third kappa shape index (κ3) is 1.54. The zero-order valence-corrected chi connectivity index (χ0v) is 9.03. The first kappa shape index (κ1) is 9.90. The van der Waals surface area contributed by atoms with Crippen LogP contribution >= 0.6 is 0 Å². The van der Waals surface area contributed by atoms with Gasteiger partial charge in [-0.3, -0.25) is 0 Å². The SMILES string of the molecule is CCc1nc(CC=O)c2cccc(C)n12. The Morgan fingerprint density at radius 3 is 2.93 bits per heavy atom. The Balaban J connectivity index is 2.74. The van der Waals surface area contributed by atoms with Gasteiger partial charge in [0.1, 0.15) is 12.1 Å². The van der Waals surface area contributed by atoms with E-state index in [0.717, 1.165) is 35.4 Å². The topological polar surface area (TPSA) is 34.4 Å². The van der Waals surface area contributed by atoms with Gasteiger partial charge < -0.3 is 9.20 Å². The molecule has 0 aliphatic carbocycles. The molecule has 0 saturated carbocycles. The molecule has 0 fully saturated rings. The zero-order valence-electron chi connectivity index (χ0n) is 9.03. The Morgan fingerprint density at radius 1 is 1.47 bits per heavy atom. The molecule has 0 aromatic carbocycles. The summed E-state index contributed by atoms with van der Waals surface area (Å²) in [7, 11) is 0. The largest absolute Gasteiger partial charge is 0.303 e. The van der Waals surface area contributed by atoms with E-state index in [0.29, 0.717) is 6.42 Å². The molecule has 0 aliphatic heterocycles. The van der Waals surface area contributed by atoms with E-state index in [1.807, 2.05) is 12.1 Å². The molecular formula is C12H14N2O. The number of carbonyl (C=O) groups excluding carboxylic acids is 1. The molecule has 0 amide bonds. The van der Waals surface area contributed by atoms with E-state index >= 15 is 0 Å². The molecule has 78 valence electrons. The van der Waals surface area contributed by atoms with E-state index in [1.54, 1.807) is 0 Å². The van der Waals surface area contributed by atoms with Crippen molar-refractivity contribution in [1.82, 2.24) is 9.38 Å². The summed E-state index contributed by atoms with van der Waals surface area (Å²) in [5.41, 5.74) is 3.10. The fraction of sp³-hybridized carbons (Fsp3) is 0.333. The quantitative estimate of drug-likeness (QED) is 0.713. The maximum Gasteiger partial charge on any atom is 0.126 e. The number of hydrogen-bond acceptors (Lipinski definition) is 2. The number of nitrogens with zero attached hydrogens (tertiary/aromatic N) is 2. The molecule has 2 rings (SSSR count). The summed E-state index contributed by atoms with van der Waals surface area (Å²) < 4.78 is 2.12. The van der Waals surface area contributed by atoms with E-state index < -0.39 is 0 Å². The van der Waals surface area contributed by atoms with Crippen LogP contribution in [0.25, 0.3) is 5.52 Å². The van der Waals surface area contributed by atoms with Crippen molar-refractivity contribution in [2.45, 2.75) is 26.7 Å². The molecule has 0 bridgehead atoms. The normalized spacial score (nSPS) is 10.8. The van der Waals surface area contributed by atoms with Crippen LogP contribution in [-0.2, 0) is 17.6 Å². The zero-order chi connectivity index (χ0) is 10.8. The van der Waals surface area contributed by atoms with E-state index in [4.69, 9.17) is 0 Å². The Kier molecular flexibility index (Phi) is 2.54. The highest BCUT2D eigenvalue weighted by Crippen LogP contribution is 2.16. The molecule has 2 heterocycles. The van der Waals surface area contributed by atoms with Gasteiger partial charge in [0.15, 0.2) is 0 Å². The van der Waals surface area contributed by atoms with Gasteiger partial charge in [0.25, 0.3) is 0 Å². The van der Waals surface area contributed by atoms with Crippen molar-refractivity contribution in [2.75, 3.05) is 0 Å². The Morgan fingerprint density at radius 2 is 2.27 bits per heavy atom. The molecule has 3 nitrogen and oxygen atoms in total. The molecule has 0 saturated heterocycles. The second kappa shape index (κ2) is 3.85. The lowest BCUT2D eigenvalue weighted by molar-refractivity contribution is -0.107. The van der Waals surface area contributed by atoms with E-state index in [9.17, 15) is 4.79 Å². The van der Waals surface area contributed by atoms with Crippen molar-refractivity contribution >= 4 is 11.8 Å². The van der Waals surface area contributed by atoms with Crippen molar-refractivity contribution < 1.29 is 4.79 Å². The predicted molar refractivity (Wildman–Crippen MR) is 59.1 cm³/mol. The average Bonchev–Trinajstić information content (AvgIpc) is 2.59. The van der Waals surface area contributed by atoms with Gasteiger partial charge in [0, 0.05) is 18.5 Å². The average molecular weight is 202 g/mol. The van der Waals surface area contributed by atoms with Crippen LogP contribution in [0.4, 0.5) is 0 Å². The van der Waals surface area contributed by atoms with Crippen LogP contribution < -0.4 is 0 Å². The molecular weight excluding hydrogens is 188 g/mol. The molecule has 0 N–H and O–H groups in total. The van der Waals surface area contributed by atoms with Gasteiger partial charge in [-0.1, -0.05) is 13.0 Å². The summed E-state index contributed by atoms with van der Waals surface area (Å²) in [6, 6.07) is 6.07. The van der Waals surface area contributed by atoms with Crippen molar-refractivity contribution in [3.8, 4) is 0 Å². The monoisotopic (exact) mass is 202 g/mol. The number of aromatic nitrogens is 2. The molecule has 2 aromatic heterocycles. The number of imidazole rings is 1. The van der Waals surface area contributed by atoms with E-state index in [1.165, 1.54) is 0 Å². The summed E-state index contributed by atoms with van der Waals surface area (Å²) in [6.07, 6.45) is 2.18. The van der Waals surface area contributed by atoms with Crippen LogP contribution in [0.3, 0.4) is 0 Å². The molecule has 0 atom stereocenters. The maximum atomic E-state index is 10.6. The Labute approximate surface area is 88.8 Å². The standard InChI is InChI=1S/C12H14N2O/c1-3-12-13-10(7-8-15)11-6-4-5-9(2)14(11)12/h4-6,8H,3,7H2,1-2H3. The van der Waals surface area contributed by atoms with Crippen LogP contribution in [0.15, 0.2) is 18.2 Å². The first-order valence-electron chi connectivity index (χ1n) is 5.17. The smallest absolute Gasteiger partial charge is 0.126 e. The van der Waals surface area contributed by atoms with Crippen LogP contribution in [0.1, 0.15) is 24.1 Å². The van der Waals surface area contributed by atoms with Gasteiger partial charge in [-0.15, -0.1) is 0 Å². The highest BCUT2D eigenvalue weighted by Gasteiger charge is 2.09. The lowest BCUT2D eigenvalue weighted by Gasteiger charge is -2.02. The van der Waals surface area contributed by atoms with Gasteiger partial charge >= 0.3 is 0 Å². The van der Waals surface area contributed by atoms with Gasteiger partial charge in [-0.05, 0) is 19.1 Å². The predicted octanol–water partition coefficient (Wildman–Crippen LogP) is 1.95. The summed E-state index contributed by atoms with van der Waals surface area (Å²) in [4.78, 5) is 15.0. The van der Waals surface area contributed by atoms with Crippen molar-refractivity contribution in [2.24, 2.45) is 0 Å². The number of rotatable bonds is 3. The number of pyridine rings is 1. The molecule has 0 spiro atoms. The highest BCUT2D eigenvalue weighted by atomic mass is 16.1. The Bertz CT molecular complexity index is 500. The number of fused-ring (bicyclic) bond motifs is 1. The summed E-state index contributed by atoms with van der Waals surface area (Å²) in [5.74, 6) is 1.03. The summed E-state index contributed by atoms with van der Waals surface area (Å²) in [5, 5.41) is 0. The second-order valence-electron chi connectivity index (χ2n) is 3.59. The molecule has 15 heavy (non-hydrogen) atoms. The van der Waals surface area contributed by atoms with Gasteiger partial charge in [-0.2, -0.15) is 0 Å². The second-order valence-corrected chi connectivity index (χ2v) is 3.59. The van der Waals surface area contributed by atoms with Crippen molar-refractivity contribution in [3.63, 3.8) is 0 Å². The van der Waals surface area contributed by atoms with E-state index in [2.05, 4.69) is 29.3 Å². The fourth-order valence-corrected chi connectivity index (χ4v) is 1.91. The highest BCUT2D eigenvalue weighted by molar-refractivity contribution is 5.63. The molecule has 0 aliphatic rings. The summed E-state index contributed by atoms with van der Waals surface area (Å²) in [6.45, 7) is 4.13. The van der Waals surface area contributed by atoms with Crippen LogP contribution in [0.5, 0.6) is 0 Å². The lowest BCUT2D eigenvalue weighted by Crippen LogP contribution is -1.95. The van der Waals surface area contributed by atoms with E-state index in [-0.39, 0.29) is 0 Å². The van der Waals surface area contributed by atoms with Crippen LogP contribution in [-0.4, -0.2) is 15.7 Å². The van der Waals surface area contributed by atoms with Gasteiger partial charge in [0.2, 0.25) is 0 Å². The number of aldehydes is 1. The van der Waals surface area contributed by atoms with Gasteiger partial charge in [-0.25, -0.2) is 4.98 Å². The minimum Gasteiger partial charge on any atom is -0.303 e. The molecule has 3 heteroatoms. The van der Waals surface area contributed by atoms with Crippen LogP contribution in [0.2, 0.25) is 0 Å². The van der Waals surface area contributed by atoms with Gasteiger partial charge in [0.05, 0.1) is 11.2 Å². The number of carbonyl (C=O) groups is 1. The third-order valence-electron chi connectivity index (χ3n) is 2.60. The minimum absolute atomic E-state index is 0.396. The Hall–Kier alpha value is -1.64. The number of hydrogen-bond donors (Lipinski definition) is 0. The number of aryl methyl sites for hydroxylation is 2. The maximum absolute atomic E-state index is 10.6. The minimum atomic E-state index is 0.396. The van der Waals surface area contributed by atoms with Crippen molar-refractivity contribution in [3.05, 3.63) is 35.4 Å². The molecule has 0 radical (unpaired) electrons. The lowest BCUT2D eigenvalue weighted by atomic mass is 10.2. The van der Waals surface area contributed by atoms with Crippen LogP contribution in [0, 0.1) is 6.92 Å². The summed E-state index contributed by atoms with van der Waals surface area (Å²) >= 11 is 0. The first-order chi connectivity index (χ1) is 7.27. The fourth-order valence-electron chi connectivity index (χ4n) is 1.91. The molecule has 0 unspecified atom stereocenters.